The fourth-order valence-electron chi connectivity index (χ4n) is 0.0544. The average Bonchev–Trinajstić information content (AvgIpc) is 1.88. The molecule has 0 radical (unpaired) electrons. The summed E-state index contributed by atoms with van der Waals surface area (Å²) in [6.45, 7) is 1.93. The highest BCUT2D eigenvalue weighted by Crippen LogP contribution is 1.88. The number of aliphatic hydroxyl groups excluding tert-OH is 1. The van der Waals surface area contributed by atoms with E-state index in [1.165, 1.54) is 0 Å². The van der Waals surface area contributed by atoms with Crippen LogP contribution in [0, 0.1) is 20.2 Å². The minimum Gasteiger partial charge on any atom is -0.397 e. The Bertz CT molecular complexity index is 235. The third kappa shape index (κ3) is 4.51. The molecule has 0 saturated carbocycles. The normalized spacial score (nSPS) is 9.50. The molecule has 0 fully saturated rings. The largest absolute Gasteiger partial charge is 0.721 e. The molecule has 0 heterocycles. The minimum absolute atomic E-state index is 0.250. The van der Waals surface area contributed by atoms with Crippen molar-refractivity contribution >= 4 is 10.2 Å². The van der Waals surface area contributed by atoms with Crippen LogP contribution in [-0.2, 0) is 10.2 Å². The van der Waals surface area contributed by atoms with E-state index in [2.05, 4.69) is 0 Å². The van der Waals surface area contributed by atoms with Crippen LogP contribution in [0.15, 0.2) is 0 Å². The van der Waals surface area contributed by atoms with E-state index >= 15 is 0 Å². The van der Waals surface area contributed by atoms with Crippen LogP contribution in [0.2, 0.25) is 0 Å². The summed E-state index contributed by atoms with van der Waals surface area (Å²) in [4.78, 5) is 18.5. The predicted molar refractivity (Wildman–Crippen MR) is 35.7 cm³/mol. The third-order valence-electron chi connectivity index (χ3n) is 0.377. The van der Waals surface area contributed by atoms with Crippen molar-refractivity contribution in [3.05, 3.63) is 20.2 Å². The summed E-state index contributed by atoms with van der Waals surface area (Å²) in [7, 11) is -5.37. The average molecular weight is 202 g/mol. The summed E-state index contributed by atoms with van der Waals surface area (Å²) in [6, 6.07) is 0. The van der Waals surface area contributed by atoms with Crippen LogP contribution >= 0.6 is 0 Å². The van der Waals surface area contributed by atoms with E-state index in [0.29, 0.717) is 0 Å². The van der Waals surface area contributed by atoms with Gasteiger partial charge in [0.1, 0.15) is 0 Å². The Morgan fingerprint density at radius 3 is 1.42 bits per heavy atom. The van der Waals surface area contributed by atoms with Crippen molar-refractivity contribution in [1.82, 2.24) is 0 Å². The minimum atomic E-state index is -5.37. The van der Waals surface area contributed by atoms with Crippen LogP contribution in [0.3, 0.4) is 0 Å². The number of aliphatic hydroxyl groups is 1. The lowest BCUT2D eigenvalue weighted by molar-refractivity contribution is -0.422. The van der Waals surface area contributed by atoms with E-state index in [1.54, 1.807) is 6.92 Å². The zero-order valence-corrected chi connectivity index (χ0v) is 6.72. The van der Waals surface area contributed by atoms with Gasteiger partial charge in [0.2, 0.25) is 8.66 Å². The number of nitrogens with zero attached hydrogens (tertiary/aromatic N) is 2. The Morgan fingerprint density at radius 1 is 1.25 bits per heavy atom. The number of hydrogen-bond donors (Lipinski definition) is 1. The molecule has 0 aromatic rings. The highest BCUT2D eigenvalue weighted by Gasteiger charge is 2.38. The molecule has 0 aromatic carbocycles. The first-order chi connectivity index (χ1) is 5.30. The molecule has 0 rings (SSSR count). The quantitative estimate of drug-likeness (QED) is 0.437. The predicted octanol–water partition coefficient (Wildman–Crippen LogP) is -1.22. The van der Waals surface area contributed by atoms with Gasteiger partial charge in [-0.1, -0.05) is 8.42 Å². The first-order valence-corrected chi connectivity index (χ1v) is 3.85. The zero-order valence-electron chi connectivity index (χ0n) is 5.91. The molecular formula is C2H6N2O7S. The maximum Gasteiger partial charge on any atom is 0.721 e. The van der Waals surface area contributed by atoms with Crippen LogP contribution in [0.1, 0.15) is 6.92 Å². The van der Waals surface area contributed by atoms with E-state index in [4.69, 9.17) is 5.11 Å². The lowest BCUT2D eigenvalue weighted by Crippen LogP contribution is -2.21. The van der Waals surface area contributed by atoms with Crippen LogP contribution in [0.25, 0.3) is 0 Å². The smallest absolute Gasteiger partial charge is 0.397 e. The van der Waals surface area contributed by atoms with Crippen LogP contribution in [0.4, 0.5) is 0 Å². The van der Waals surface area contributed by atoms with Crippen molar-refractivity contribution < 1.29 is 22.2 Å². The van der Waals surface area contributed by atoms with Gasteiger partial charge >= 0.3 is 10.2 Å². The van der Waals surface area contributed by atoms with Gasteiger partial charge in [0.15, 0.2) is 0 Å². The molecular weight excluding hydrogens is 196 g/mol. The maximum absolute atomic E-state index is 9.63. The molecule has 0 spiro atoms. The van der Waals surface area contributed by atoms with Gasteiger partial charge in [-0.25, -0.2) is 20.2 Å². The summed E-state index contributed by atoms with van der Waals surface area (Å²) in [5.74, 6) is 0. The lowest BCUT2D eigenvalue weighted by Gasteiger charge is -1.79. The fourth-order valence-corrected chi connectivity index (χ4v) is 0.163. The molecule has 0 aromatic heterocycles. The molecule has 0 saturated heterocycles. The topological polar surface area (TPSA) is 141 Å². The van der Waals surface area contributed by atoms with E-state index in [1.807, 2.05) is 0 Å². The van der Waals surface area contributed by atoms with Gasteiger partial charge in [-0.15, -0.1) is 0 Å². The highest BCUT2D eigenvalue weighted by molar-refractivity contribution is 7.79. The highest BCUT2D eigenvalue weighted by atomic mass is 32.2. The van der Waals surface area contributed by atoms with E-state index in [9.17, 15) is 28.6 Å². The Kier molecular flexibility index (Phi) is 5.96. The van der Waals surface area contributed by atoms with Gasteiger partial charge < -0.3 is 5.11 Å². The number of rotatable bonds is 2. The Labute approximate surface area is 67.1 Å². The standard InChI is InChI=1S/C2H6O.N2O6S/c1-2-3;3-1(4)9(7,8)2(5)6/h3H,2H2,1H3;. The summed E-state index contributed by atoms with van der Waals surface area (Å²) >= 11 is 0. The molecule has 0 aliphatic carbocycles. The summed E-state index contributed by atoms with van der Waals surface area (Å²) < 4.78 is 15.3. The number of nitro groups is 2. The van der Waals surface area contributed by atoms with Gasteiger partial charge in [-0.2, -0.15) is 0 Å². The van der Waals surface area contributed by atoms with E-state index in [-0.39, 0.29) is 6.61 Å². The van der Waals surface area contributed by atoms with Gasteiger partial charge in [0.05, 0.1) is 0 Å². The first kappa shape index (κ1) is 13.3. The zero-order chi connectivity index (χ0) is 10.4. The van der Waals surface area contributed by atoms with Crippen LogP contribution in [0.5, 0.6) is 0 Å². The molecule has 0 bridgehead atoms. The SMILES string of the molecule is CCO.O=[N+]([O-])S(=O)(=O)[N+](=O)[O-]. The molecule has 0 atom stereocenters. The first-order valence-electron chi connectivity index (χ1n) is 2.45. The summed E-state index contributed by atoms with van der Waals surface area (Å²) in [5, 5.41) is 26.0. The summed E-state index contributed by atoms with van der Waals surface area (Å²) in [5.41, 5.74) is 0. The molecule has 0 unspecified atom stereocenters. The van der Waals surface area contributed by atoms with Crippen molar-refractivity contribution in [2.45, 2.75) is 6.92 Å². The van der Waals surface area contributed by atoms with Gasteiger partial charge in [-0.3, -0.25) is 0 Å². The van der Waals surface area contributed by atoms with Crippen molar-refractivity contribution in [3.63, 3.8) is 0 Å². The molecule has 72 valence electrons. The van der Waals surface area contributed by atoms with E-state index in [0.717, 1.165) is 0 Å². The molecule has 0 aliphatic heterocycles. The van der Waals surface area contributed by atoms with Gasteiger partial charge in [-0.05, 0) is 6.92 Å². The fraction of sp³-hybridized carbons (Fsp3) is 1.00. The Morgan fingerprint density at radius 2 is 1.42 bits per heavy atom. The molecule has 10 heteroatoms. The Balaban J connectivity index is 0. The molecule has 1 N–H and O–H groups in total. The second-order valence-electron chi connectivity index (χ2n) is 1.21. The molecule has 9 nitrogen and oxygen atoms in total. The van der Waals surface area contributed by atoms with E-state index < -0.39 is 18.9 Å². The Hall–Kier alpha value is -1.29. The maximum atomic E-state index is 9.63. The van der Waals surface area contributed by atoms with Gasteiger partial charge in [0.25, 0.3) is 0 Å². The lowest BCUT2D eigenvalue weighted by atomic mass is 10.9. The van der Waals surface area contributed by atoms with Gasteiger partial charge in [0, 0.05) is 6.61 Å². The molecule has 12 heavy (non-hydrogen) atoms. The van der Waals surface area contributed by atoms with Crippen molar-refractivity contribution in [1.29, 1.82) is 0 Å². The van der Waals surface area contributed by atoms with Crippen molar-refractivity contribution in [2.75, 3.05) is 6.61 Å². The second kappa shape index (κ2) is 5.37. The third-order valence-corrected chi connectivity index (χ3v) is 1.13. The molecule has 0 amide bonds. The van der Waals surface area contributed by atoms with Crippen LogP contribution < -0.4 is 0 Å². The summed E-state index contributed by atoms with van der Waals surface area (Å²) in [6.07, 6.45) is 0. The van der Waals surface area contributed by atoms with Crippen molar-refractivity contribution in [3.8, 4) is 0 Å². The second-order valence-corrected chi connectivity index (χ2v) is 2.70. The number of hydrogen-bond acceptors (Lipinski definition) is 7. The van der Waals surface area contributed by atoms with Crippen molar-refractivity contribution in [2.24, 2.45) is 0 Å². The van der Waals surface area contributed by atoms with Crippen LogP contribution in [-0.4, -0.2) is 28.8 Å². The molecule has 0 aliphatic rings. The monoisotopic (exact) mass is 202 g/mol.